The van der Waals surface area contributed by atoms with Crippen molar-refractivity contribution in [2.75, 3.05) is 5.73 Å². The Balaban J connectivity index is 2.33. The van der Waals surface area contributed by atoms with Gasteiger partial charge in [-0.2, -0.15) is 0 Å². The molecule has 1 heterocycles. The Hall–Kier alpha value is -1.36. The van der Waals surface area contributed by atoms with E-state index in [1.165, 1.54) is 0 Å². The Morgan fingerprint density at radius 1 is 1.43 bits per heavy atom. The Morgan fingerprint density at radius 3 is 2.93 bits per heavy atom. The first-order valence-corrected chi connectivity index (χ1v) is 4.93. The second-order valence-electron chi connectivity index (χ2n) is 2.91. The number of nitrogen functional groups attached to an aromatic ring is 1. The van der Waals surface area contributed by atoms with Gasteiger partial charge in [0.1, 0.15) is 0 Å². The first-order chi connectivity index (χ1) is 6.77. The molecule has 0 radical (unpaired) electrons. The number of hydrogen-bond donors (Lipinski definition) is 1. The van der Waals surface area contributed by atoms with Crippen molar-refractivity contribution in [3.05, 3.63) is 40.6 Å². The summed E-state index contributed by atoms with van der Waals surface area (Å²) in [5.74, 6) is 0. The normalized spacial score (nSPS) is 10.4. The maximum Gasteiger partial charge on any atom is 0.0708 e. The monoisotopic (exact) mass is 252 g/mol. The summed E-state index contributed by atoms with van der Waals surface area (Å²) in [6.45, 7) is 0.632. The number of nitrogens with two attached hydrogens (primary N) is 1. The molecular weight excluding hydrogens is 244 g/mol. The Kier molecular flexibility index (Phi) is 2.49. The van der Waals surface area contributed by atoms with E-state index in [1.807, 2.05) is 18.2 Å². The van der Waals surface area contributed by atoms with Crippen LogP contribution in [0, 0.1) is 0 Å². The molecule has 0 aliphatic heterocycles. The maximum atomic E-state index is 5.85. The molecule has 0 amide bonds. The van der Waals surface area contributed by atoms with Crippen LogP contribution in [-0.2, 0) is 6.54 Å². The van der Waals surface area contributed by atoms with Gasteiger partial charge in [-0.25, -0.2) is 4.68 Å². The standard InChI is InChI=1S/C9H9BrN4/c10-8-2-1-3-9(11)7(8)6-14-5-4-12-13-14/h1-5H,6,11H2. The second-order valence-corrected chi connectivity index (χ2v) is 3.76. The summed E-state index contributed by atoms with van der Waals surface area (Å²) in [5, 5.41) is 7.62. The van der Waals surface area contributed by atoms with Crippen molar-refractivity contribution in [2.24, 2.45) is 0 Å². The Labute approximate surface area is 89.9 Å². The SMILES string of the molecule is Nc1cccc(Br)c1Cn1ccnn1. The summed E-state index contributed by atoms with van der Waals surface area (Å²) >= 11 is 3.45. The van der Waals surface area contributed by atoms with Crippen molar-refractivity contribution in [1.82, 2.24) is 15.0 Å². The van der Waals surface area contributed by atoms with Crippen molar-refractivity contribution >= 4 is 21.6 Å². The lowest BCUT2D eigenvalue weighted by molar-refractivity contribution is 0.649. The van der Waals surface area contributed by atoms with Gasteiger partial charge in [-0.05, 0) is 12.1 Å². The molecule has 2 rings (SSSR count). The summed E-state index contributed by atoms with van der Waals surface area (Å²) in [4.78, 5) is 0. The van der Waals surface area contributed by atoms with E-state index in [0.29, 0.717) is 6.54 Å². The molecule has 2 aromatic rings. The fourth-order valence-corrected chi connectivity index (χ4v) is 1.73. The number of aromatic nitrogens is 3. The third kappa shape index (κ3) is 1.77. The predicted molar refractivity (Wildman–Crippen MR) is 57.7 cm³/mol. The van der Waals surface area contributed by atoms with Crippen LogP contribution in [0.1, 0.15) is 5.56 Å². The van der Waals surface area contributed by atoms with Gasteiger partial charge in [0, 0.05) is 21.9 Å². The van der Waals surface area contributed by atoms with E-state index >= 15 is 0 Å². The van der Waals surface area contributed by atoms with Gasteiger partial charge in [-0.1, -0.05) is 27.2 Å². The van der Waals surface area contributed by atoms with Crippen molar-refractivity contribution in [1.29, 1.82) is 0 Å². The maximum absolute atomic E-state index is 5.85. The van der Waals surface area contributed by atoms with Gasteiger partial charge < -0.3 is 5.73 Å². The predicted octanol–water partition coefficient (Wildman–Crippen LogP) is 1.67. The van der Waals surface area contributed by atoms with Gasteiger partial charge in [0.2, 0.25) is 0 Å². The fraction of sp³-hybridized carbons (Fsp3) is 0.111. The lowest BCUT2D eigenvalue weighted by Gasteiger charge is -2.07. The van der Waals surface area contributed by atoms with Crippen LogP contribution in [0.15, 0.2) is 35.1 Å². The Morgan fingerprint density at radius 2 is 2.29 bits per heavy atom. The smallest absolute Gasteiger partial charge is 0.0708 e. The van der Waals surface area contributed by atoms with Crippen molar-refractivity contribution in [3.8, 4) is 0 Å². The zero-order valence-electron chi connectivity index (χ0n) is 7.39. The first kappa shape index (κ1) is 9.21. The summed E-state index contributed by atoms with van der Waals surface area (Å²) in [6.07, 6.45) is 3.45. The molecule has 0 saturated carbocycles. The molecule has 0 fully saturated rings. The van der Waals surface area contributed by atoms with E-state index in [2.05, 4.69) is 26.2 Å². The summed E-state index contributed by atoms with van der Waals surface area (Å²) < 4.78 is 2.73. The fourth-order valence-electron chi connectivity index (χ4n) is 1.22. The molecule has 5 heteroatoms. The molecule has 4 nitrogen and oxygen atoms in total. The van der Waals surface area contributed by atoms with Gasteiger partial charge in [0.25, 0.3) is 0 Å². The van der Waals surface area contributed by atoms with Crippen LogP contribution in [0.25, 0.3) is 0 Å². The second kappa shape index (κ2) is 3.79. The topological polar surface area (TPSA) is 56.7 Å². The molecule has 14 heavy (non-hydrogen) atoms. The summed E-state index contributed by atoms with van der Waals surface area (Å²) in [5.41, 5.74) is 7.63. The lowest BCUT2D eigenvalue weighted by atomic mass is 10.2. The molecule has 0 saturated heterocycles. The molecule has 72 valence electrons. The molecule has 0 atom stereocenters. The highest BCUT2D eigenvalue weighted by Gasteiger charge is 2.04. The number of anilines is 1. The number of nitrogens with zero attached hydrogens (tertiary/aromatic N) is 3. The van der Waals surface area contributed by atoms with Crippen molar-refractivity contribution in [3.63, 3.8) is 0 Å². The van der Waals surface area contributed by atoms with E-state index < -0.39 is 0 Å². The zero-order chi connectivity index (χ0) is 9.97. The van der Waals surface area contributed by atoms with Crippen LogP contribution in [0.3, 0.4) is 0 Å². The minimum atomic E-state index is 0.632. The van der Waals surface area contributed by atoms with Crippen LogP contribution in [0.2, 0.25) is 0 Å². The Bertz CT molecular complexity index is 404. The molecule has 0 bridgehead atoms. The number of benzene rings is 1. The van der Waals surface area contributed by atoms with Crippen LogP contribution in [0.4, 0.5) is 5.69 Å². The molecule has 0 aliphatic carbocycles. The van der Waals surface area contributed by atoms with Gasteiger partial charge in [0.15, 0.2) is 0 Å². The van der Waals surface area contributed by atoms with Crippen molar-refractivity contribution < 1.29 is 0 Å². The zero-order valence-corrected chi connectivity index (χ0v) is 8.98. The highest BCUT2D eigenvalue weighted by Crippen LogP contribution is 2.22. The average molecular weight is 253 g/mol. The van der Waals surface area contributed by atoms with Crippen LogP contribution in [0.5, 0.6) is 0 Å². The van der Waals surface area contributed by atoms with Crippen molar-refractivity contribution in [2.45, 2.75) is 6.54 Å². The number of halogens is 1. The highest BCUT2D eigenvalue weighted by atomic mass is 79.9. The van der Waals surface area contributed by atoms with Gasteiger partial charge in [-0.15, -0.1) is 5.10 Å². The number of rotatable bonds is 2. The highest BCUT2D eigenvalue weighted by molar-refractivity contribution is 9.10. The van der Waals surface area contributed by atoms with E-state index in [4.69, 9.17) is 5.73 Å². The van der Waals surface area contributed by atoms with Gasteiger partial charge >= 0.3 is 0 Å². The molecule has 1 aromatic carbocycles. The molecule has 1 aromatic heterocycles. The van der Waals surface area contributed by atoms with E-state index in [0.717, 1.165) is 15.7 Å². The number of hydrogen-bond acceptors (Lipinski definition) is 3. The molecule has 0 unspecified atom stereocenters. The molecular formula is C9H9BrN4. The minimum absolute atomic E-state index is 0.632. The first-order valence-electron chi connectivity index (χ1n) is 4.14. The van der Waals surface area contributed by atoms with E-state index in [-0.39, 0.29) is 0 Å². The third-order valence-electron chi connectivity index (χ3n) is 1.95. The van der Waals surface area contributed by atoms with Gasteiger partial charge in [-0.3, -0.25) is 0 Å². The molecule has 0 spiro atoms. The van der Waals surface area contributed by atoms with Crippen LogP contribution < -0.4 is 5.73 Å². The van der Waals surface area contributed by atoms with E-state index in [1.54, 1.807) is 17.1 Å². The van der Waals surface area contributed by atoms with Gasteiger partial charge in [0.05, 0.1) is 12.7 Å². The largest absolute Gasteiger partial charge is 0.398 e. The van der Waals surface area contributed by atoms with Crippen LogP contribution in [-0.4, -0.2) is 15.0 Å². The third-order valence-corrected chi connectivity index (χ3v) is 2.69. The van der Waals surface area contributed by atoms with Crippen LogP contribution >= 0.6 is 15.9 Å². The molecule has 0 aliphatic rings. The lowest BCUT2D eigenvalue weighted by Crippen LogP contribution is -2.04. The summed E-state index contributed by atoms with van der Waals surface area (Å²) in [6, 6.07) is 5.74. The summed E-state index contributed by atoms with van der Waals surface area (Å²) in [7, 11) is 0. The quantitative estimate of drug-likeness (QED) is 0.828. The van der Waals surface area contributed by atoms with E-state index in [9.17, 15) is 0 Å². The molecule has 2 N–H and O–H groups in total. The minimum Gasteiger partial charge on any atom is -0.398 e. The average Bonchev–Trinajstić information content (AvgIpc) is 2.64.